The van der Waals surface area contributed by atoms with Crippen LogP contribution in [0.3, 0.4) is 0 Å². The van der Waals surface area contributed by atoms with Crippen molar-refractivity contribution in [3.05, 3.63) is 49.5 Å². The highest BCUT2D eigenvalue weighted by Crippen LogP contribution is 2.07. The normalized spacial score (nSPS) is 9.52. The smallest absolute Gasteiger partial charge is 0.303 e. The molecule has 0 unspecified atom stereocenters. The summed E-state index contributed by atoms with van der Waals surface area (Å²) < 4.78 is 5.08. The van der Waals surface area contributed by atoms with Crippen LogP contribution in [-0.2, 0) is 4.79 Å². The second-order valence-corrected chi connectivity index (χ2v) is 4.35. The highest BCUT2D eigenvalue weighted by atomic mass is 16.4. The summed E-state index contributed by atoms with van der Waals surface area (Å²) >= 11 is 0. The second kappa shape index (κ2) is 14.2. The molecule has 0 aliphatic rings. The maximum absolute atomic E-state index is 10.3. The van der Waals surface area contributed by atoms with Gasteiger partial charge in [-0.3, -0.25) is 4.79 Å². The number of aliphatic carboxylic acids is 1. The van der Waals surface area contributed by atoms with Gasteiger partial charge in [0, 0.05) is 6.42 Å². The van der Waals surface area contributed by atoms with Gasteiger partial charge in [0.05, 0.1) is 6.26 Å². The lowest BCUT2D eigenvalue weighted by molar-refractivity contribution is -0.137. The fourth-order valence-corrected chi connectivity index (χ4v) is 1.67. The molecule has 0 aliphatic heterocycles. The molecule has 1 aromatic rings. The third-order valence-electron chi connectivity index (χ3n) is 2.68. The lowest BCUT2D eigenvalue weighted by atomic mass is 10.1. The van der Waals surface area contributed by atoms with E-state index in [4.69, 9.17) is 9.52 Å². The van der Waals surface area contributed by atoms with E-state index in [9.17, 15) is 4.79 Å². The Morgan fingerprint density at radius 1 is 1.24 bits per heavy atom. The maximum atomic E-state index is 10.3. The molecule has 3 nitrogen and oxygen atoms in total. The number of hydrogen-bond acceptors (Lipinski definition) is 2. The van der Waals surface area contributed by atoms with Gasteiger partial charge in [-0.25, -0.2) is 0 Å². The first-order valence-electron chi connectivity index (χ1n) is 7.21. The predicted octanol–water partition coefficient (Wildman–Crippen LogP) is 4.80. The van der Waals surface area contributed by atoms with E-state index in [1.165, 1.54) is 0 Å². The fraction of sp³-hybridized carbons (Fsp3) is 0.389. The fourth-order valence-electron chi connectivity index (χ4n) is 1.67. The molecule has 114 valence electrons. The summed E-state index contributed by atoms with van der Waals surface area (Å²) in [5, 5.41) is 8.48. The molecule has 1 N–H and O–H groups in total. The Labute approximate surface area is 127 Å². The molecule has 0 bridgehead atoms. The summed E-state index contributed by atoms with van der Waals surface area (Å²) in [6, 6.07) is 3.65. The van der Waals surface area contributed by atoms with E-state index < -0.39 is 5.97 Å². The van der Waals surface area contributed by atoms with Crippen molar-refractivity contribution < 1.29 is 14.3 Å². The number of carbonyl (C=O) groups is 1. The number of furan rings is 1. The monoisotopic (exact) mass is 288 g/mol. The average Bonchev–Trinajstić information content (AvgIpc) is 3.00. The SMILES string of the molecule is C=C.O=C(O)CCCCCCC/C=C\C#Cc1ccco1. The zero-order valence-corrected chi connectivity index (χ0v) is 12.5. The molecule has 0 radical (unpaired) electrons. The molecule has 0 fully saturated rings. The van der Waals surface area contributed by atoms with Crippen LogP contribution >= 0.6 is 0 Å². The molecule has 0 saturated carbocycles. The lowest BCUT2D eigenvalue weighted by Crippen LogP contribution is -1.93. The lowest BCUT2D eigenvalue weighted by Gasteiger charge is -1.97. The van der Waals surface area contributed by atoms with Gasteiger partial charge in [0.2, 0.25) is 0 Å². The van der Waals surface area contributed by atoms with Crippen LogP contribution < -0.4 is 0 Å². The number of carboxylic acid groups (broad SMARTS) is 1. The van der Waals surface area contributed by atoms with Crippen molar-refractivity contribution in [2.24, 2.45) is 0 Å². The Bertz CT molecular complexity index is 447. The van der Waals surface area contributed by atoms with E-state index in [2.05, 4.69) is 31.1 Å². The van der Waals surface area contributed by atoms with Gasteiger partial charge in [-0.1, -0.05) is 31.3 Å². The van der Waals surface area contributed by atoms with E-state index in [-0.39, 0.29) is 0 Å². The highest BCUT2D eigenvalue weighted by Gasteiger charge is 1.95. The van der Waals surface area contributed by atoms with Crippen molar-refractivity contribution in [1.82, 2.24) is 0 Å². The molecule has 1 rings (SSSR count). The summed E-state index contributed by atoms with van der Waals surface area (Å²) in [6.45, 7) is 6.00. The third-order valence-corrected chi connectivity index (χ3v) is 2.68. The Kier molecular flexibility index (Phi) is 12.7. The van der Waals surface area contributed by atoms with Crippen molar-refractivity contribution in [3.8, 4) is 11.8 Å². The topological polar surface area (TPSA) is 50.4 Å². The number of carboxylic acids is 1. The zero-order chi connectivity index (χ0) is 15.8. The van der Waals surface area contributed by atoms with Crippen molar-refractivity contribution in [1.29, 1.82) is 0 Å². The minimum Gasteiger partial charge on any atom is -0.481 e. The molecule has 0 saturated heterocycles. The van der Waals surface area contributed by atoms with Crippen LogP contribution in [0.2, 0.25) is 0 Å². The molecule has 0 spiro atoms. The van der Waals surface area contributed by atoms with Gasteiger partial charge in [-0.15, -0.1) is 13.2 Å². The van der Waals surface area contributed by atoms with Crippen LogP contribution in [0.25, 0.3) is 0 Å². The van der Waals surface area contributed by atoms with Gasteiger partial charge >= 0.3 is 5.97 Å². The Balaban J connectivity index is 0.00000191. The summed E-state index contributed by atoms with van der Waals surface area (Å²) in [5.41, 5.74) is 0. The van der Waals surface area contributed by atoms with Crippen LogP contribution in [0.15, 0.2) is 48.1 Å². The van der Waals surface area contributed by atoms with E-state index in [1.807, 2.05) is 18.2 Å². The number of allylic oxidation sites excluding steroid dienone is 2. The Morgan fingerprint density at radius 2 is 1.95 bits per heavy atom. The molecular weight excluding hydrogens is 264 g/mol. The predicted molar refractivity (Wildman–Crippen MR) is 85.9 cm³/mol. The molecule has 1 heterocycles. The molecule has 0 atom stereocenters. The van der Waals surface area contributed by atoms with E-state index in [0.29, 0.717) is 12.2 Å². The number of hydrogen-bond donors (Lipinski definition) is 1. The Morgan fingerprint density at radius 3 is 2.62 bits per heavy atom. The number of rotatable bonds is 8. The summed E-state index contributed by atoms with van der Waals surface area (Å²) in [5.74, 6) is 5.80. The molecular formula is C18H24O3. The molecule has 0 amide bonds. The highest BCUT2D eigenvalue weighted by molar-refractivity contribution is 5.66. The van der Waals surface area contributed by atoms with Gasteiger partial charge in [-0.05, 0) is 43.4 Å². The van der Waals surface area contributed by atoms with Crippen LogP contribution in [0, 0.1) is 11.8 Å². The summed E-state index contributed by atoms with van der Waals surface area (Å²) in [6.07, 6.45) is 12.0. The van der Waals surface area contributed by atoms with Crippen molar-refractivity contribution in [2.75, 3.05) is 0 Å². The van der Waals surface area contributed by atoms with Crippen LogP contribution in [-0.4, -0.2) is 11.1 Å². The molecule has 3 heteroatoms. The molecule has 0 aromatic carbocycles. The van der Waals surface area contributed by atoms with Gasteiger partial charge in [0.15, 0.2) is 5.76 Å². The van der Waals surface area contributed by atoms with Crippen LogP contribution in [0.4, 0.5) is 0 Å². The molecule has 1 aromatic heterocycles. The molecule has 0 aliphatic carbocycles. The number of unbranched alkanes of at least 4 members (excludes halogenated alkanes) is 5. The van der Waals surface area contributed by atoms with E-state index in [1.54, 1.807) is 6.26 Å². The van der Waals surface area contributed by atoms with Crippen LogP contribution in [0.5, 0.6) is 0 Å². The summed E-state index contributed by atoms with van der Waals surface area (Å²) in [4.78, 5) is 10.3. The van der Waals surface area contributed by atoms with E-state index >= 15 is 0 Å². The van der Waals surface area contributed by atoms with Gasteiger partial charge in [-0.2, -0.15) is 0 Å². The zero-order valence-electron chi connectivity index (χ0n) is 12.5. The van der Waals surface area contributed by atoms with Crippen molar-refractivity contribution in [2.45, 2.75) is 44.9 Å². The quantitative estimate of drug-likeness (QED) is 0.424. The summed E-state index contributed by atoms with van der Waals surface area (Å²) in [7, 11) is 0. The largest absolute Gasteiger partial charge is 0.481 e. The van der Waals surface area contributed by atoms with Gasteiger partial charge < -0.3 is 9.52 Å². The first-order chi connectivity index (χ1) is 10.3. The average molecular weight is 288 g/mol. The minimum absolute atomic E-state index is 0.294. The molecule has 21 heavy (non-hydrogen) atoms. The standard InChI is InChI=1S/C16H20O3.C2H4/c17-16(18)13-9-7-5-3-1-2-4-6-8-11-15-12-10-14-19-15;1-2/h4,6,10,12,14H,1-3,5,7,9,13H2,(H,17,18);1-2H2/b6-4-;. The first kappa shape index (κ1) is 18.8. The Hall–Kier alpha value is -2.21. The van der Waals surface area contributed by atoms with E-state index in [0.717, 1.165) is 38.5 Å². The second-order valence-electron chi connectivity index (χ2n) is 4.35. The van der Waals surface area contributed by atoms with Crippen molar-refractivity contribution in [3.63, 3.8) is 0 Å². The minimum atomic E-state index is -0.696. The third kappa shape index (κ3) is 12.6. The van der Waals surface area contributed by atoms with Crippen LogP contribution in [0.1, 0.15) is 50.7 Å². The maximum Gasteiger partial charge on any atom is 0.303 e. The first-order valence-corrected chi connectivity index (χ1v) is 7.21. The van der Waals surface area contributed by atoms with Gasteiger partial charge in [0.1, 0.15) is 0 Å². The van der Waals surface area contributed by atoms with Crippen molar-refractivity contribution >= 4 is 5.97 Å². The van der Waals surface area contributed by atoms with Gasteiger partial charge in [0.25, 0.3) is 0 Å².